The molecule has 134 valence electrons. The summed E-state index contributed by atoms with van der Waals surface area (Å²) in [6, 6.07) is 5.76. The third-order valence-corrected chi connectivity index (χ3v) is 4.93. The molecule has 0 bridgehead atoms. The van der Waals surface area contributed by atoms with Crippen molar-refractivity contribution in [2.24, 2.45) is 0 Å². The van der Waals surface area contributed by atoms with E-state index in [1.54, 1.807) is 13.2 Å². The van der Waals surface area contributed by atoms with Crippen molar-refractivity contribution in [3.8, 4) is 0 Å². The summed E-state index contributed by atoms with van der Waals surface area (Å²) in [5, 5.41) is 0. The van der Waals surface area contributed by atoms with E-state index in [9.17, 15) is 9.59 Å². The second kappa shape index (κ2) is 7.17. The fourth-order valence-electron chi connectivity index (χ4n) is 3.43. The Labute approximate surface area is 148 Å². The summed E-state index contributed by atoms with van der Waals surface area (Å²) in [5.41, 5.74) is 2.73. The molecule has 0 radical (unpaired) electrons. The minimum atomic E-state index is 0.0456. The molecule has 1 fully saturated rings. The van der Waals surface area contributed by atoms with E-state index in [4.69, 9.17) is 4.42 Å². The molecule has 0 atom stereocenters. The highest BCUT2D eigenvalue weighted by Crippen LogP contribution is 2.20. The summed E-state index contributed by atoms with van der Waals surface area (Å²) < 4.78 is 7.53. The molecule has 2 aromatic heterocycles. The summed E-state index contributed by atoms with van der Waals surface area (Å²) >= 11 is 0. The van der Waals surface area contributed by atoms with Gasteiger partial charge in [-0.1, -0.05) is 0 Å². The Bertz CT molecular complexity index is 761. The zero-order valence-corrected chi connectivity index (χ0v) is 15.1. The van der Waals surface area contributed by atoms with Gasteiger partial charge in [-0.15, -0.1) is 0 Å². The third-order valence-electron chi connectivity index (χ3n) is 4.93. The highest BCUT2D eigenvalue weighted by molar-refractivity contribution is 5.95. The number of aromatic nitrogens is 1. The van der Waals surface area contributed by atoms with Gasteiger partial charge in [0.2, 0.25) is 5.91 Å². The maximum absolute atomic E-state index is 13.0. The lowest BCUT2D eigenvalue weighted by molar-refractivity contribution is -0.128. The van der Waals surface area contributed by atoms with Crippen LogP contribution in [0.1, 0.15) is 40.9 Å². The van der Waals surface area contributed by atoms with Crippen LogP contribution in [0.3, 0.4) is 0 Å². The monoisotopic (exact) mass is 343 g/mol. The Hall–Kier alpha value is -2.50. The molecule has 0 N–H and O–H groups in total. The van der Waals surface area contributed by atoms with Crippen molar-refractivity contribution in [3.63, 3.8) is 0 Å². The van der Waals surface area contributed by atoms with E-state index in [1.807, 2.05) is 41.8 Å². The van der Waals surface area contributed by atoms with Crippen molar-refractivity contribution in [2.45, 2.75) is 33.7 Å². The van der Waals surface area contributed by atoms with Crippen LogP contribution in [0.25, 0.3) is 0 Å². The van der Waals surface area contributed by atoms with Crippen LogP contribution in [0.15, 0.2) is 28.9 Å². The van der Waals surface area contributed by atoms with Gasteiger partial charge in [0.25, 0.3) is 5.91 Å². The molecule has 0 saturated carbocycles. The normalized spacial score (nSPS) is 15.3. The number of amides is 2. The molecule has 1 saturated heterocycles. The van der Waals surface area contributed by atoms with E-state index in [0.29, 0.717) is 26.2 Å². The van der Waals surface area contributed by atoms with Crippen LogP contribution in [-0.2, 0) is 11.3 Å². The van der Waals surface area contributed by atoms with Crippen molar-refractivity contribution in [3.05, 3.63) is 47.2 Å². The van der Waals surface area contributed by atoms with Crippen LogP contribution in [0.2, 0.25) is 0 Å². The molecule has 6 heteroatoms. The lowest BCUT2D eigenvalue weighted by Crippen LogP contribution is -2.36. The minimum absolute atomic E-state index is 0.0456. The maximum atomic E-state index is 13.0. The number of furan rings is 1. The first-order chi connectivity index (χ1) is 12.0. The Morgan fingerprint density at radius 1 is 1.12 bits per heavy atom. The van der Waals surface area contributed by atoms with Crippen molar-refractivity contribution < 1.29 is 14.0 Å². The maximum Gasteiger partial charge on any atom is 0.255 e. The first kappa shape index (κ1) is 17.3. The van der Waals surface area contributed by atoms with E-state index >= 15 is 0 Å². The van der Waals surface area contributed by atoms with Gasteiger partial charge >= 0.3 is 0 Å². The van der Waals surface area contributed by atoms with Gasteiger partial charge < -0.3 is 18.8 Å². The van der Waals surface area contributed by atoms with Crippen molar-refractivity contribution in [1.82, 2.24) is 14.4 Å². The average Bonchev–Trinajstić information content (AvgIpc) is 3.09. The van der Waals surface area contributed by atoms with Crippen molar-refractivity contribution in [2.75, 3.05) is 26.2 Å². The largest absolute Gasteiger partial charge is 0.467 e. The lowest BCUT2D eigenvalue weighted by Gasteiger charge is -2.21. The molecule has 6 nitrogen and oxygen atoms in total. The van der Waals surface area contributed by atoms with Gasteiger partial charge in [0.05, 0.1) is 18.4 Å². The first-order valence-corrected chi connectivity index (χ1v) is 8.71. The molecule has 0 aliphatic carbocycles. The zero-order chi connectivity index (χ0) is 18.0. The molecule has 0 aromatic carbocycles. The summed E-state index contributed by atoms with van der Waals surface area (Å²) in [4.78, 5) is 28.2. The molecule has 25 heavy (non-hydrogen) atoms. The molecule has 2 aromatic rings. The van der Waals surface area contributed by atoms with Crippen molar-refractivity contribution in [1.29, 1.82) is 0 Å². The Kier molecular flexibility index (Phi) is 4.97. The number of nitrogens with zero attached hydrogens (tertiary/aromatic N) is 3. The number of hydrogen-bond donors (Lipinski definition) is 0. The highest BCUT2D eigenvalue weighted by Gasteiger charge is 2.24. The van der Waals surface area contributed by atoms with Gasteiger partial charge in [0, 0.05) is 44.5 Å². The average molecular weight is 343 g/mol. The van der Waals surface area contributed by atoms with Crippen LogP contribution in [-0.4, -0.2) is 52.4 Å². The standard InChI is InChI=1S/C19H25N3O3/c1-14-12-18(15(2)22(14)13-17-6-4-11-25-17)19(24)21-8-5-7-20(9-10-21)16(3)23/h4,6,11-12H,5,7-10,13H2,1-3H3. The molecule has 3 rings (SSSR count). The van der Waals surface area contributed by atoms with Crippen LogP contribution < -0.4 is 0 Å². The summed E-state index contributed by atoms with van der Waals surface area (Å²) in [6.07, 6.45) is 2.48. The molecule has 2 amide bonds. The molecule has 1 aliphatic rings. The van der Waals surface area contributed by atoms with E-state index in [1.165, 1.54) is 0 Å². The fourth-order valence-corrected chi connectivity index (χ4v) is 3.43. The molecule has 0 spiro atoms. The number of carbonyl (C=O) groups is 2. The second-order valence-electron chi connectivity index (χ2n) is 6.60. The summed E-state index contributed by atoms with van der Waals surface area (Å²) in [5.74, 6) is 0.989. The second-order valence-corrected chi connectivity index (χ2v) is 6.60. The van der Waals surface area contributed by atoms with Gasteiger partial charge in [0.15, 0.2) is 0 Å². The fraction of sp³-hybridized carbons (Fsp3) is 0.474. The van der Waals surface area contributed by atoms with E-state index in [0.717, 1.165) is 35.7 Å². The lowest BCUT2D eigenvalue weighted by atomic mass is 10.2. The quantitative estimate of drug-likeness (QED) is 0.860. The number of aryl methyl sites for hydroxylation is 1. The smallest absolute Gasteiger partial charge is 0.255 e. The van der Waals surface area contributed by atoms with Crippen LogP contribution >= 0.6 is 0 Å². The molecule has 3 heterocycles. The number of rotatable bonds is 3. The summed E-state index contributed by atoms with van der Waals surface area (Å²) in [6.45, 7) is 8.78. The van der Waals surface area contributed by atoms with Crippen molar-refractivity contribution >= 4 is 11.8 Å². The SMILES string of the molecule is CC(=O)N1CCCN(C(=O)c2cc(C)n(Cc3ccco3)c2C)CC1. The number of carbonyl (C=O) groups excluding carboxylic acids is 2. The Morgan fingerprint density at radius 3 is 2.52 bits per heavy atom. The highest BCUT2D eigenvalue weighted by atomic mass is 16.3. The van der Waals surface area contributed by atoms with E-state index < -0.39 is 0 Å². The first-order valence-electron chi connectivity index (χ1n) is 8.71. The molecule has 0 unspecified atom stereocenters. The van der Waals surface area contributed by atoms with Gasteiger partial charge in [-0.3, -0.25) is 9.59 Å². The van der Waals surface area contributed by atoms with E-state index in [2.05, 4.69) is 4.57 Å². The predicted molar refractivity (Wildman–Crippen MR) is 94.5 cm³/mol. The van der Waals surface area contributed by atoms with Gasteiger partial charge in [-0.05, 0) is 38.5 Å². The topological polar surface area (TPSA) is 58.7 Å². The predicted octanol–water partition coefficient (Wildman–Crippen LogP) is 2.44. The number of hydrogen-bond acceptors (Lipinski definition) is 3. The third kappa shape index (κ3) is 3.62. The zero-order valence-electron chi connectivity index (χ0n) is 15.1. The van der Waals surface area contributed by atoms with Gasteiger partial charge in [-0.25, -0.2) is 0 Å². The van der Waals surface area contributed by atoms with Crippen LogP contribution in [0, 0.1) is 13.8 Å². The Balaban J connectivity index is 1.77. The molecular formula is C19H25N3O3. The molecular weight excluding hydrogens is 318 g/mol. The van der Waals surface area contributed by atoms with Crippen LogP contribution in [0.4, 0.5) is 0 Å². The van der Waals surface area contributed by atoms with Gasteiger partial charge in [-0.2, -0.15) is 0 Å². The van der Waals surface area contributed by atoms with Crippen LogP contribution in [0.5, 0.6) is 0 Å². The van der Waals surface area contributed by atoms with E-state index in [-0.39, 0.29) is 11.8 Å². The Morgan fingerprint density at radius 2 is 1.84 bits per heavy atom. The minimum Gasteiger partial charge on any atom is -0.467 e. The summed E-state index contributed by atoms with van der Waals surface area (Å²) in [7, 11) is 0. The van der Waals surface area contributed by atoms with Gasteiger partial charge in [0.1, 0.15) is 5.76 Å². The molecule has 1 aliphatic heterocycles.